The molecule has 5 rings (SSSR count). The third-order valence-electron chi connectivity index (χ3n) is 8.74. The SMILES string of the molecule is CN(C)C1C(O)=C(C(N)=O)C(=O)C2(O)C(O)=C3C(=O)c4c(O)ccc(-c5ccc(NC(=O)C(C)(C)C)cc5)c4CC3CC12. The van der Waals surface area contributed by atoms with Gasteiger partial charge < -0.3 is 31.5 Å². The van der Waals surface area contributed by atoms with Crippen molar-refractivity contribution in [1.29, 1.82) is 0 Å². The monoisotopic (exact) mass is 589 g/mol. The summed E-state index contributed by atoms with van der Waals surface area (Å²) in [5, 5.41) is 47.8. The van der Waals surface area contributed by atoms with Gasteiger partial charge in [0, 0.05) is 22.6 Å². The van der Waals surface area contributed by atoms with Crippen molar-refractivity contribution in [3.8, 4) is 16.9 Å². The fourth-order valence-electron chi connectivity index (χ4n) is 6.57. The lowest BCUT2D eigenvalue weighted by Crippen LogP contribution is -2.63. The Kier molecular flexibility index (Phi) is 7.02. The molecule has 0 heterocycles. The summed E-state index contributed by atoms with van der Waals surface area (Å²) in [6, 6.07) is 9.02. The van der Waals surface area contributed by atoms with Gasteiger partial charge in [-0.3, -0.25) is 24.1 Å². The standard InChI is InChI=1S/C32H35N3O8/c1-31(2,3)30(42)34-16-8-6-14(7-9-16)17-10-11-20(36)22-18(17)12-15-13-19-24(35(4)5)26(38)23(29(33)41)28(40)32(19,43)27(39)21(15)25(22)37/h6-11,15,19,24,36,38-39,43H,12-13H2,1-5H3,(H2,33,41)(H,34,42). The predicted molar refractivity (Wildman–Crippen MR) is 157 cm³/mol. The second kappa shape index (κ2) is 10.1. The number of phenolic OH excluding ortho intramolecular Hbond substituents is 1. The van der Waals surface area contributed by atoms with Gasteiger partial charge in [0.15, 0.2) is 11.4 Å². The highest BCUT2D eigenvalue weighted by Gasteiger charge is 2.63. The normalized spacial score (nSPS) is 25.3. The second-order valence-electron chi connectivity index (χ2n) is 12.7. The third-order valence-corrected chi connectivity index (χ3v) is 8.74. The molecule has 4 unspecified atom stereocenters. The van der Waals surface area contributed by atoms with E-state index >= 15 is 0 Å². The maximum absolute atomic E-state index is 13.9. The maximum Gasteiger partial charge on any atom is 0.255 e. The Morgan fingerprint density at radius 2 is 1.65 bits per heavy atom. The van der Waals surface area contributed by atoms with E-state index in [9.17, 15) is 39.6 Å². The molecule has 0 fully saturated rings. The van der Waals surface area contributed by atoms with E-state index in [1.54, 1.807) is 65.2 Å². The summed E-state index contributed by atoms with van der Waals surface area (Å²) in [5.74, 6) is -7.09. The number of rotatable bonds is 4. The number of phenols is 1. The molecule has 7 N–H and O–H groups in total. The van der Waals surface area contributed by atoms with E-state index in [0.29, 0.717) is 22.4 Å². The number of carbonyl (C=O) groups excluding carboxylic acids is 4. The fraction of sp³-hybridized carbons (Fsp3) is 0.375. The Hall–Kier alpha value is -4.48. The Balaban J connectivity index is 1.61. The van der Waals surface area contributed by atoms with Crippen LogP contribution in [-0.2, 0) is 20.8 Å². The first-order chi connectivity index (χ1) is 20.0. The highest BCUT2D eigenvalue weighted by molar-refractivity contribution is 6.25. The van der Waals surface area contributed by atoms with Gasteiger partial charge in [-0.15, -0.1) is 0 Å². The first-order valence-corrected chi connectivity index (χ1v) is 13.9. The lowest BCUT2D eigenvalue weighted by molar-refractivity contribution is -0.148. The minimum atomic E-state index is -2.69. The van der Waals surface area contributed by atoms with Gasteiger partial charge in [0.25, 0.3) is 5.91 Å². The number of hydrogen-bond acceptors (Lipinski definition) is 9. The summed E-state index contributed by atoms with van der Waals surface area (Å²) in [4.78, 5) is 53.4. The van der Waals surface area contributed by atoms with Gasteiger partial charge in [0.1, 0.15) is 22.8 Å². The van der Waals surface area contributed by atoms with Crippen LogP contribution in [0.4, 0.5) is 5.69 Å². The van der Waals surface area contributed by atoms with Gasteiger partial charge in [-0.1, -0.05) is 39.0 Å². The van der Waals surface area contributed by atoms with Crippen molar-refractivity contribution in [1.82, 2.24) is 4.90 Å². The average Bonchev–Trinajstić information content (AvgIpc) is 2.90. The number of carbonyl (C=O) groups is 4. The van der Waals surface area contributed by atoms with Gasteiger partial charge in [-0.05, 0) is 67.7 Å². The Labute approximate surface area is 248 Å². The molecule has 0 radical (unpaired) electrons. The minimum Gasteiger partial charge on any atom is -0.510 e. The lowest BCUT2D eigenvalue weighted by Gasteiger charge is -2.50. The van der Waals surface area contributed by atoms with E-state index < -0.39 is 63.5 Å². The zero-order chi connectivity index (χ0) is 31.8. The van der Waals surface area contributed by atoms with Crippen LogP contribution in [0.1, 0.15) is 43.1 Å². The van der Waals surface area contributed by atoms with Gasteiger partial charge in [0.2, 0.25) is 11.7 Å². The van der Waals surface area contributed by atoms with Crippen LogP contribution < -0.4 is 11.1 Å². The van der Waals surface area contributed by atoms with Crippen molar-refractivity contribution in [3.05, 3.63) is 70.2 Å². The van der Waals surface area contributed by atoms with Gasteiger partial charge in [-0.2, -0.15) is 0 Å². The van der Waals surface area contributed by atoms with Crippen LogP contribution in [-0.4, -0.2) is 74.4 Å². The number of ketones is 2. The van der Waals surface area contributed by atoms with E-state index in [0.717, 1.165) is 0 Å². The molecule has 4 atom stereocenters. The Morgan fingerprint density at radius 3 is 2.21 bits per heavy atom. The molecule has 11 heteroatoms. The highest BCUT2D eigenvalue weighted by Crippen LogP contribution is 2.53. The number of fused-ring (bicyclic) bond motifs is 3. The Morgan fingerprint density at radius 1 is 1.02 bits per heavy atom. The molecular weight excluding hydrogens is 554 g/mol. The van der Waals surface area contributed by atoms with E-state index in [4.69, 9.17) is 5.73 Å². The quantitative estimate of drug-likeness (QED) is 0.291. The minimum absolute atomic E-state index is 0.00136. The number of aliphatic hydroxyl groups excluding tert-OH is 2. The summed E-state index contributed by atoms with van der Waals surface area (Å²) in [6.07, 6.45) is 0.166. The van der Waals surface area contributed by atoms with Crippen molar-refractivity contribution in [2.24, 2.45) is 23.0 Å². The number of nitrogens with one attached hydrogen (secondary N) is 1. The number of aliphatic hydroxyl groups is 3. The van der Waals surface area contributed by atoms with Gasteiger partial charge in [-0.25, -0.2) is 0 Å². The number of primary amides is 1. The smallest absolute Gasteiger partial charge is 0.255 e. The second-order valence-corrected chi connectivity index (χ2v) is 12.7. The molecule has 2 aromatic carbocycles. The average molecular weight is 590 g/mol. The number of amides is 2. The Bertz CT molecular complexity index is 1650. The molecule has 0 aliphatic heterocycles. The molecule has 11 nitrogen and oxygen atoms in total. The van der Waals surface area contributed by atoms with Crippen molar-refractivity contribution < 1.29 is 39.6 Å². The molecule has 0 spiro atoms. The summed E-state index contributed by atoms with van der Waals surface area (Å²) in [7, 11) is 3.16. The van der Waals surface area contributed by atoms with Crippen LogP contribution in [0.25, 0.3) is 11.1 Å². The molecule has 2 aromatic rings. The molecular formula is C32H35N3O8. The first-order valence-electron chi connectivity index (χ1n) is 13.9. The zero-order valence-electron chi connectivity index (χ0n) is 24.6. The van der Waals surface area contributed by atoms with E-state index in [-0.39, 0.29) is 35.6 Å². The predicted octanol–water partition coefficient (Wildman–Crippen LogP) is 2.77. The topological polar surface area (TPSA) is 190 Å². The third kappa shape index (κ3) is 4.50. The molecule has 0 saturated carbocycles. The van der Waals surface area contributed by atoms with Crippen LogP contribution in [0.2, 0.25) is 0 Å². The molecule has 3 aliphatic carbocycles. The van der Waals surface area contributed by atoms with Crippen LogP contribution in [0, 0.1) is 17.3 Å². The van der Waals surface area contributed by atoms with Crippen LogP contribution in [0.5, 0.6) is 5.75 Å². The van der Waals surface area contributed by atoms with E-state index in [2.05, 4.69) is 5.32 Å². The number of nitrogens with zero attached hydrogens (tertiary/aromatic N) is 1. The molecule has 226 valence electrons. The molecule has 0 aromatic heterocycles. The van der Waals surface area contributed by atoms with Crippen molar-refractivity contribution in [2.75, 3.05) is 19.4 Å². The summed E-state index contributed by atoms with van der Waals surface area (Å²) in [5.41, 5.74) is 3.45. The number of aromatic hydroxyl groups is 1. The van der Waals surface area contributed by atoms with Crippen molar-refractivity contribution in [2.45, 2.75) is 45.3 Å². The summed E-state index contributed by atoms with van der Waals surface area (Å²) in [6.45, 7) is 5.42. The van der Waals surface area contributed by atoms with Crippen LogP contribution in [0.15, 0.2) is 59.1 Å². The van der Waals surface area contributed by atoms with Crippen molar-refractivity contribution in [3.63, 3.8) is 0 Å². The number of benzene rings is 2. The van der Waals surface area contributed by atoms with Crippen LogP contribution >= 0.6 is 0 Å². The number of hydrogen-bond donors (Lipinski definition) is 6. The van der Waals surface area contributed by atoms with E-state index in [1.807, 2.05) is 0 Å². The summed E-state index contributed by atoms with van der Waals surface area (Å²) < 4.78 is 0. The number of nitrogens with two attached hydrogens (primary N) is 1. The number of Topliss-reactive ketones (excluding diaryl/α,β-unsaturated/α-hetero) is 2. The summed E-state index contributed by atoms with van der Waals surface area (Å²) >= 11 is 0. The molecule has 2 amide bonds. The molecule has 3 aliphatic rings. The fourth-order valence-corrected chi connectivity index (χ4v) is 6.57. The first kappa shape index (κ1) is 30.0. The van der Waals surface area contributed by atoms with Gasteiger partial charge >= 0.3 is 0 Å². The largest absolute Gasteiger partial charge is 0.510 e. The molecule has 0 bridgehead atoms. The zero-order valence-corrected chi connectivity index (χ0v) is 24.6. The van der Waals surface area contributed by atoms with E-state index in [1.165, 1.54) is 11.0 Å². The van der Waals surface area contributed by atoms with Gasteiger partial charge in [0.05, 0.1) is 11.6 Å². The number of anilines is 1. The highest BCUT2D eigenvalue weighted by atomic mass is 16.3. The number of likely N-dealkylation sites (N-methyl/N-ethyl adjacent to an activating group) is 1. The van der Waals surface area contributed by atoms with Crippen LogP contribution in [0.3, 0.4) is 0 Å². The molecule has 0 saturated heterocycles. The van der Waals surface area contributed by atoms with Crippen molar-refractivity contribution >= 4 is 29.1 Å². The molecule has 43 heavy (non-hydrogen) atoms. The number of allylic oxidation sites excluding steroid dienone is 1. The lowest BCUT2D eigenvalue weighted by atomic mass is 9.58. The maximum atomic E-state index is 13.9.